The van der Waals surface area contributed by atoms with E-state index >= 15 is 0 Å². The lowest BCUT2D eigenvalue weighted by Crippen LogP contribution is -1.97. The molecule has 0 bridgehead atoms. The van der Waals surface area contributed by atoms with Gasteiger partial charge >= 0.3 is 0 Å². The number of nitrogens with one attached hydrogen (secondary N) is 1. The van der Waals surface area contributed by atoms with Crippen molar-refractivity contribution < 1.29 is 0 Å². The molecule has 1 atom stereocenters. The Morgan fingerprint density at radius 2 is 2.05 bits per heavy atom. The van der Waals surface area contributed by atoms with E-state index in [1.165, 1.54) is 32.1 Å². The number of hydrogen-bond donors (Lipinski definition) is 1. The largest absolute Gasteiger partial charge is 0.262 e. The second-order valence-electron chi connectivity index (χ2n) is 5.73. The molecule has 0 amide bonds. The molecular weight excluding hydrogens is 301 g/mol. The van der Waals surface area contributed by atoms with Gasteiger partial charge in [-0.2, -0.15) is 0 Å². The molecule has 2 aliphatic rings. The van der Waals surface area contributed by atoms with Gasteiger partial charge in [0.05, 0.1) is 0 Å². The highest BCUT2D eigenvalue weighted by atomic mass is 35.5. The third kappa shape index (κ3) is 3.79. The summed E-state index contributed by atoms with van der Waals surface area (Å²) in [6, 6.07) is 0. The minimum absolute atomic E-state index is 0.390. The molecule has 19 heavy (non-hydrogen) atoms. The molecule has 106 valence electrons. The number of aromatic amines is 1. The van der Waals surface area contributed by atoms with Gasteiger partial charge in [0.25, 0.3) is 0 Å². The monoisotopic (exact) mass is 319 g/mol. The molecule has 3 rings (SSSR count). The van der Waals surface area contributed by atoms with Crippen molar-refractivity contribution in [3.63, 3.8) is 0 Å². The number of nitrogens with zero attached hydrogens (tertiary/aromatic N) is 2. The van der Waals surface area contributed by atoms with Crippen LogP contribution in [-0.4, -0.2) is 25.3 Å². The van der Waals surface area contributed by atoms with E-state index < -0.39 is 4.33 Å². The van der Waals surface area contributed by atoms with Crippen LogP contribution in [0.25, 0.3) is 0 Å². The average Bonchev–Trinajstić information content (AvgIpc) is 2.86. The highest BCUT2D eigenvalue weighted by molar-refractivity contribution is 7.99. The zero-order valence-electron chi connectivity index (χ0n) is 10.9. The van der Waals surface area contributed by atoms with Crippen LogP contribution in [0.4, 0.5) is 0 Å². The molecule has 0 unspecified atom stereocenters. The van der Waals surface area contributed by atoms with E-state index in [1.54, 1.807) is 11.8 Å². The molecule has 1 aromatic heterocycles. The number of H-pyrrole nitrogens is 1. The molecule has 3 nitrogen and oxygen atoms in total. The first-order valence-electron chi connectivity index (χ1n) is 7.05. The van der Waals surface area contributed by atoms with Gasteiger partial charge in [0.1, 0.15) is 10.2 Å². The van der Waals surface area contributed by atoms with Crippen molar-refractivity contribution in [2.24, 2.45) is 11.8 Å². The Kier molecular flexibility index (Phi) is 4.30. The minimum atomic E-state index is -0.491. The van der Waals surface area contributed by atoms with E-state index in [9.17, 15) is 0 Å². The number of thioether (sulfide) groups is 1. The van der Waals surface area contributed by atoms with Crippen LogP contribution >= 0.6 is 35.0 Å². The van der Waals surface area contributed by atoms with E-state index in [2.05, 4.69) is 15.2 Å². The van der Waals surface area contributed by atoms with Gasteiger partial charge < -0.3 is 0 Å². The summed E-state index contributed by atoms with van der Waals surface area (Å²) in [6.07, 6.45) is 8.76. The topological polar surface area (TPSA) is 41.6 Å². The van der Waals surface area contributed by atoms with Gasteiger partial charge in [-0.15, -0.1) is 28.3 Å². The quantitative estimate of drug-likeness (QED) is 0.630. The van der Waals surface area contributed by atoms with Gasteiger partial charge in [-0.1, -0.05) is 37.4 Å². The summed E-state index contributed by atoms with van der Waals surface area (Å²) in [7, 11) is 0. The SMILES string of the molecule is ClC1(Cl)C[C@@H]1CSc1n[nH]c(CCC2CCCC2)n1. The van der Waals surface area contributed by atoms with E-state index in [0.717, 1.165) is 35.5 Å². The van der Waals surface area contributed by atoms with Gasteiger partial charge in [-0.3, -0.25) is 5.10 Å². The van der Waals surface area contributed by atoms with Crippen LogP contribution < -0.4 is 0 Å². The molecule has 1 heterocycles. The van der Waals surface area contributed by atoms with Crippen LogP contribution in [0.3, 0.4) is 0 Å². The lowest BCUT2D eigenvalue weighted by Gasteiger charge is -2.05. The molecule has 0 radical (unpaired) electrons. The van der Waals surface area contributed by atoms with E-state index in [1.807, 2.05) is 0 Å². The van der Waals surface area contributed by atoms with E-state index in [4.69, 9.17) is 23.2 Å². The molecule has 0 saturated heterocycles. The standard InChI is InChI=1S/C13H19Cl2N3S/c14-13(15)7-10(13)8-19-12-16-11(17-18-12)6-5-9-3-1-2-4-9/h9-10H,1-8H2,(H,16,17,18)/t10-/m1/s1. The molecule has 6 heteroatoms. The average molecular weight is 320 g/mol. The maximum atomic E-state index is 6.00. The Balaban J connectivity index is 1.41. The van der Waals surface area contributed by atoms with Crippen LogP contribution in [0.1, 0.15) is 44.3 Å². The van der Waals surface area contributed by atoms with Crippen LogP contribution in [0.15, 0.2) is 5.16 Å². The summed E-state index contributed by atoms with van der Waals surface area (Å²) in [6.45, 7) is 0. The number of halogens is 2. The molecule has 2 fully saturated rings. The Hall–Kier alpha value is 0.0700. The number of rotatable bonds is 6. The third-order valence-corrected chi connectivity index (χ3v) is 6.08. The molecule has 1 aromatic rings. The summed E-state index contributed by atoms with van der Waals surface area (Å²) < 4.78 is -0.491. The fraction of sp³-hybridized carbons (Fsp3) is 0.846. The zero-order chi connectivity index (χ0) is 13.3. The molecule has 2 saturated carbocycles. The van der Waals surface area contributed by atoms with Crippen LogP contribution in [-0.2, 0) is 6.42 Å². The highest BCUT2D eigenvalue weighted by Crippen LogP contribution is 2.54. The molecule has 0 aliphatic heterocycles. The molecule has 1 N–H and O–H groups in total. The van der Waals surface area contributed by atoms with Gasteiger partial charge in [-0.25, -0.2) is 4.98 Å². The number of hydrogen-bond acceptors (Lipinski definition) is 3. The molecule has 0 spiro atoms. The van der Waals surface area contributed by atoms with Crippen molar-refractivity contribution >= 4 is 35.0 Å². The van der Waals surface area contributed by atoms with Crippen molar-refractivity contribution in [2.45, 2.75) is 54.4 Å². The Labute approximate surface area is 128 Å². The molecule has 2 aliphatic carbocycles. The maximum Gasteiger partial charge on any atom is 0.208 e. The van der Waals surface area contributed by atoms with Crippen molar-refractivity contribution in [1.82, 2.24) is 15.2 Å². The normalized spacial score (nSPS) is 25.9. The van der Waals surface area contributed by atoms with E-state index in [0.29, 0.717) is 5.92 Å². The van der Waals surface area contributed by atoms with Gasteiger partial charge in [0.15, 0.2) is 0 Å². The number of aromatic nitrogens is 3. The maximum absolute atomic E-state index is 6.00. The first kappa shape index (κ1) is 14.0. The lowest BCUT2D eigenvalue weighted by molar-refractivity contribution is 0.497. The third-order valence-electron chi connectivity index (χ3n) is 4.14. The smallest absolute Gasteiger partial charge is 0.208 e. The fourth-order valence-corrected chi connectivity index (χ4v) is 4.47. The van der Waals surface area contributed by atoms with Gasteiger partial charge in [0.2, 0.25) is 5.16 Å². The molecular formula is C13H19Cl2N3S. The highest BCUT2D eigenvalue weighted by Gasteiger charge is 2.51. The Morgan fingerprint density at radius 3 is 2.74 bits per heavy atom. The second-order valence-corrected chi connectivity index (χ2v) is 8.26. The van der Waals surface area contributed by atoms with Gasteiger partial charge in [0, 0.05) is 18.1 Å². The van der Waals surface area contributed by atoms with Crippen molar-refractivity contribution in [2.75, 3.05) is 5.75 Å². The molecule has 0 aromatic carbocycles. The summed E-state index contributed by atoms with van der Waals surface area (Å²) in [5.74, 6) is 3.22. The fourth-order valence-electron chi connectivity index (χ4n) is 2.72. The second kappa shape index (κ2) is 5.82. The van der Waals surface area contributed by atoms with Crippen molar-refractivity contribution in [1.29, 1.82) is 0 Å². The summed E-state index contributed by atoms with van der Waals surface area (Å²) in [4.78, 5) is 4.53. The Morgan fingerprint density at radius 1 is 1.32 bits per heavy atom. The zero-order valence-corrected chi connectivity index (χ0v) is 13.2. The predicted octanol–water partition coefficient (Wildman–Crippen LogP) is 4.21. The lowest BCUT2D eigenvalue weighted by atomic mass is 10.0. The van der Waals surface area contributed by atoms with Crippen LogP contribution in [0, 0.1) is 11.8 Å². The van der Waals surface area contributed by atoms with Crippen LogP contribution in [0.5, 0.6) is 0 Å². The van der Waals surface area contributed by atoms with Crippen molar-refractivity contribution in [3.05, 3.63) is 5.82 Å². The Bertz CT molecular complexity index is 406. The summed E-state index contributed by atoms with van der Waals surface area (Å²) in [5, 5.41) is 8.13. The van der Waals surface area contributed by atoms with Crippen molar-refractivity contribution in [3.8, 4) is 0 Å². The number of aryl methyl sites for hydroxylation is 1. The summed E-state index contributed by atoms with van der Waals surface area (Å²) >= 11 is 13.7. The first-order valence-corrected chi connectivity index (χ1v) is 8.79. The summed E-state index contributed by atoms with van der Waals surface area (Å²) in [5.41, 5.74) is 0. The van der Waals surface area contributed by atoms with E-state index in [-0.39, 0.29) is 0 Å². The number of alkyl halides is 2. The van der Waals surface area contributed by atoms with Gasteiger partial charge in [-0.05, 0) is 18.8 Å². The van der Waals surface area contributed by atoms with Crippen LogP contribution in [0.2, 0.25) is 0 Å². The predicted molar refractivity (Wildman–Crippen MR) is 79.9 cm³/mol. The minimum Gasteiger partial charge on any atom is -0.262 e. The first-order chi connectivity index (χ1) is 9.13.